The van der Waals surface area contributed by atoms with Crippen LogP contribution in [0, 0.1) is 6.92 Å². The third-order valence-electron chi connectivity index (χ3n) is 2.10. The van der Waals surface area contributed by atoms with Crippen molar-refractivity contribution in [1.82, 2.24) is 10.3 Å². The zero-order valence-electron chi connectivity index (χ0n) is 11.0. The van der Waals surface area contributed by atoms with Crippen molar-refractivity contribution in [3.05, 3.63) is 15.6 Å². The summed E-state index contributed by atoms with van der Waals surface area (Å²) >= 11 is 1.47. The molecule has 0 aromatic carbocycles. The Hall–Kier alpha value is -0.460. The van der Waals surface area contributed by atoms with E-state index >= 15 is 0 Å². The molecule has 0 fully saturated rings. The van der Waals surface area contributed by atoms with Crippen LogP contribution < -0.4 is 5.32 Å². The molecular formula is C11H20N2O2S2. The van der Waals surface area contributed by atoms with E-state index in [-0.39, 0.29) is 11.3 Å². The molecule has 1 aromatic heterocycles. The summed E-state index contributed by atoms with van der Waals surface area (Å²) in [6.07, 6.45) is 1.23. The Labute approximate surface area is 107 Å². The molecule has 1 N–H and O–H groups in total. The SMILES string of the molecule is Cc1nc(CS(C)(=O)=O)sc1CNC(C)(C)C. The molecule has 4 nitrogen and oxygen atoms in total. The van der Waals surface area contributed by atoms with Gasteiger partial charge in [0.25, 0.3) is 0 Å². The molecule has 0 spiro atoms. The number of hydrogen-bond acceptors (Lipinski definition) is 5. The van der Waals surface area contributed by atoms with Crippen molar-refractivity contribution in [2.24, 2.45) is 0 Å². The van der Waals surface area contributed by atoms with Crippen molar-refractivity contribution in [2.45, 2.75) is 45.5 Å². The van der Waals surface area contributed by atoms with Gasteiger partial charge in [-0.1, -0.05) is 0 Å². The maximum atomic E-state index is 11.2. The highest BCUT2D eigenvalue weighted by Gasteiger charge is 2.14. The van der Waals surface area contributed by atoms with Gasteiger partial charge in [0.2, 0.25) is 0 Å². The molecule has 0 radical (unpaired) electrons. The fourth-order valence-corrected chi connectivity index (χ4v) is 3.48. The second-order valence-corrected chi connectivity index (χ2v) is 8.60. The van der Waals surface area contributed by atoms with Crippen LogP contribution >= 0.6 is 11.3 Å². The van der Waals surface area contributed by atoms with Gasteiger partial charge < -0.3 is 5.32 Å². The van der Waals surface area contributed by atoms with Crippen molar-refractivity contribution >= 4 is 21.2 Å². The highest BCUT2D eigenvalue weighted by molar-refractivity contribution is 7.90. The number of aryl methyl sites for hydroxylation is 1. The highest BCUT2D eigenvalue weighted by Crippen LogP contribution is 2.20. The first kappa shape index (κ1) is 14.6. The minimum absolute atomic E-state index is 0.0357. The van der Waals surface area contributed by atoms with Crippen molar-refractivity contribution in [1.29, 1.82) is 0 Å². The standard InChI is InChI=1S/C11H20N2O2S2/c1-8-9(6-12-11(2,3)4)16-10(13-8)7-17(5,14)15/h12H,6-7H2,1-5H3. The lowest BCUT2D eigenvalue weighted by molar-refractivity contribution is 0.425. The lowest BCUT2D eigenvalue weighted by Crippen LogP contribution is -2.34. The van der Waals surface area contributed by atoms with E-state index in [4.69, 9.17) is 0 Å². The predicted molar refractivity (Wildman–Crippen MR) is 72.0 cm³/mol. The smallest absolute Gasteiger partial charge is 0.153 e. The number of nitrogens with one attached hydrogen (secondary N) is 1. The van der Waals surface area contributed by atoms with E-state index in [9.17, 15) is 8.42 Å². The first-order valence-corrected chi connectivity index (χ1v) is 8.32. The van der Waals surface area contributed by atoms with Crippen LogP contribution in [-0.4, -0.2) is 25.2 Å². The van der Waals surface area contributed by atoms with E-state index in [1.807, 2.05) is 6.92 Å². The van der Waals surface area contributed by atoms with E-state index in [2.05, 4.69) is 31.1 Å². The third kappa shape index (κ3) is 5.61. The Morgan fingerprint density at radius 2 is 1.94 bits per heavy atom. The molecule has 1 rings (SSSR count). The minimum atomic E-state index is -3.00. The highest BCUT2D eigenvalue weighted by atomic mass is 32.2. The van der Waals surface area contributed by atoms with Gasteiger partial charge in [-0.25, -0.2) is 13.4 Å². The van der Waals surface area contributed by atoms with Crippen molar-refractivity contribution < 1.29 is 8.42 Å². The van der Waals surface area contributed by atoms with E-state index in [1.165, 1.54) is 17.6 Å². The summed E-state index contributed by atoms with van der Waals surface area (Å²) in [6.45, 7) is 8.95. The van der Waals surface area contributed by atoms with Gasteiger partial charge in [0.05, 0.1) is 5.69 Å². The zero-order valence-corrected chi connectivity index (χ0v) is 12.6. The van der Waals surface area contributed by atoms with Gasteiger partial charge in [-0.15, -0.1) is 11.3 Å². The maximum absolute atomic E-state index is 11.2. The second kappa shape index (κ2) is 5.04. The Balaban J connectivity index is 2.76. The fourth-order valence-electron chi connectivity index (χ4n) is 1.28. The molecule has 17 heavy (non-hydrogen) atoms. The molecule has 0 saturated carbocycles. The number of nitrogens with zero attached hydrogens (tertiary/aromatic N) is 1. The zero-order chi connectivity index (χ0) is 13.3. The third-order valence-corrected chi connectivity index (χ3v) is 4.24. The van der Waals surface area contributed by atoms with Crippen molar-refractivity contribution in [2.75, 3.05) is 6.26 Å². The molecule has 0 aliphatic carbocycles. The van der Waals surface area contributed by atoms with Crippen LogP contribution in [0.4, 0.5) is 0 Å². The van der Waals surface area contributed by atoms with E-state index < -0.39 is 9.84 Å². The van der Waals surface area contributed by atoms with Crippen LogP contribution in [-0.2, 0) is 22.1 Å². The summed E-state index contributed by atoms with van der Waals surface area (Å²) in [5, 5.41) is 4.05. The summed E-state index contributed by atoms with van der Waals surface area (Å²) in [5.41, 5.74) is 0.971. The van der Waals surface area contributed by atoms with Crippen LogP contribution in [0.2, 0.25) is 0 Å². The summed E-state index contributed by atoms with van der Waals surface area (Å²) in [7, 11) is -3.00. The number of sulfone groups is 1. The molecule has 0 amide bonds. The number of aromatic nitrogens is 1. The number of hydrogen-bond donors (Lipinski definition) is 1. The van der Waals surface area contributed by atoms with Gasteiger partial charge >= 0.3 is 0 Å². The molecule has 1 heterocycles. The van der Waals surface area contributed by atoms with Gasteiger partial charge in [0.1, 0.15) is 10.8 Å². The molecule has 0 aliphatic rings. The Bertz CT molecular complexity index is 484. The van der Waals surface area contributed by atoms with E-state index in [1.54, 1.807) is 0 Å². The lowest BCUT2D eigenvalue weighted by atomic mass is 10.1. The molecule has 0 aliphatic heterocycles. The van der Waals surface area contributed by atoms with Crippen LogP contribution in [0.3, 0.4) is 0 Å². The van der Waals surface area contributed by atoms with Gasteiger partial charge in [-0.2, -0.15) is 0 Å². The molecule has 0 bridgehead atoms. The molecule has 98 valence electrons. The average Bonchev–Trinajstić information content (AvgIpc) is 2.38. The fraction of sp³-hybridized carbons (Fsp3) is 0.727. The number of thiazole rings is 1. The van der Waals surface area contributed by atoms with Crippen LogP contribution in [0.1, 0.15) is 36.3 Å². The Kier molecular flexibility index (Phi) is 4.33. The molecule has 0 saturated heterocycles. The van der Waals surface area contributed by atoms with E-state index in [0.717, 1.165) is 17.1 Å². The summed E-state index contributed by atoms with van der Waals surface area (Å²) in [4.78, 5) is 5.41. The first-order chi connectivity index (χ1) is 7.57. The molecule has 0 atom stereocenters. The first-order valence-electron chi connectivity index (χ1n) is 5.45. The van der Waals surface area contributed by atoms with Gasteiger partial charge in [-0.3, -0.25) is 0 Å². The monoisotopic (exact) mass is 276 g/mol. The molecular weight excluding hydrogens is 256 g/mol. The topological polar surface area (TPSA) is 59.1 Å². The van der Waals surface area contributed by atoms with Crippen molar-refractivity contribution in [3.63, 3.8) is 0 Å². The van der Waals surface area contributed by atoms with Crippen molar-refractivity contribution in [3.8, 4) is 0 Å². The van der Waals surface area contributed by atoms with Gasteiger partial charge in [0.15, 0.2) is 9.84 Å². The quantitative estimate of drug-likeness (QED) is 0.912. The van der Waals surface area contributed by atoms with Gasteiger partial charge in [0, 0.05) is 23.2 Å². The summed E-state index contributed by atoms with van der Waals surface area (Å²) < 4.78 is 22.4. The largest absolute Gasteiger partial charge is 0.307 e. The second-order valence-electron chi connectivity index (χ2n) is 5.29. The predicted octanol–water partition coefficient (Wildman–Crippen LogP) is 1.88. The summed E-state index contributed by atoms with van der Waals surface area (Å²) in [6, 6.07) is 0. The van der Waals surface area contributed by atoms with Crippen LogP contribution in [0.15, 0.2) is 0 Å². The molecule has 0 unspecified atom stereocenters. The molecule has 1 aromatic rings. The summed E-state index contributed by atoms with van der Waals surface area (Å²) in [5.74, 6) is 0.0357. The molecule has 6 heteroatoms. The van der Waals surface area contributed by atoms with Crippen LogP contribution in [0.25, 0.3) is 0 Å². The Morgan fingerprint density at radius 3 is 2.41 bits per heavy atom. The Morgan fingerprint density at radius 1 is 1.35 bits per heavy atom. The lowest BCUT2D eigenvalue weighted by Gasteiger charge is -2.19. The number of rotatable bonds is 4. The maximum Gasteiger partial charge on any atom is 0.153 e. The van der Waals surface area contributed by atoms with Crippen LogP contribution in [0.5, 0.6) is 0 Å². The van der Waals surface area contributed by atoms with E-state index in [0.29, 0.717) is 5.01 Å². The normalized spacial score (nSPS) is 13.0. The average molecular weight is 276 g/mol. The van der Waals surface area contributed by atoms with Gasteiger partial charge in [-0.05, 0) is 27.7 Å². The minimum Gasteiger partial charge on any atom is -0.307 e.